The summed E-state index contributed by atoms with van der Waals surface area (Å²) >= 11 is 0. The van der Waals surface area contributed by atoms with E-state index in [0.29, 0.717) is 18.6 Å². The molecule has 88 valence electrons. The number of aliphatic carboxylic acids is 1. The van der Waals surface area contributed by atoms with Gasteiger partial charge in [0.1, 0.15) is 5.75 Å². The normalized spacial score (nSPS) is 12.4. The monoisotopic (exact) mass is 224 g/mol. The maximum absolute atomic E-state index is 10.7. The van der Waals surface area contributed by atoms with E-state index in [0.717, 1.165) is 5.56 Å². The molecule has 0 saturated carbocycles. The number of phenols is 1. The molecule has 0 aromatic heterocycles. The Morgan fingerprint density at radius 3 is 2.69 bits per heavy atom. The first-order chi connectivity index (χ1) is 7.54. The van der Waals surface area contributed by atoms with Gasteiger partial charge in [-0.15, -0.1) is 0 Å². The zero-order valence-corrected chi connectivity index (χ0v) is 9.43. The minimum absolute atomic E-state index is 0.150. The Kier molecular flexibility index (Phi) is 4.31. The number of carboxylic acid groups (broad SMARTS) is 1. The highest BCUT2D eigenvalue weighted by molar-refractivity contribution is 5.69. The third-order valence-electron chi connectivity index (χ3n) is 2.41. The van der Waals surface area contributed by atoms with Crippen LogP contribution in [0.3, 0.4) is 0 Å². The zero-order valence-electron chi connectivity index (χ0n) is 9.43. The number of rotatable bonds is 5. The Hall–Kier alpha value is -1.55. The van der Waals surface area contributed by atoms with Crippen LogP contribution in [0.4, 0.5) is 0 Å². The van der Waals surface area contributed by atoms with Crippen LogP contribution in [-0.2, 0) is 22.6 Å². The molecule has 4 nitrogen and oxygen atoms in total. The van der Waals surface area contributed by atoms with Crippen LogP contribution in [0.15, 0.2) is 18.2 Å². The molecule has 2 N–H and O–H groups in total. The lowest BCUT2D eigenvalue weighted by molar-refractivity contribution is -0.141. The summed E-state index contributed by atoms with van der Waals surface area (Å²) in [5.74, 6) is -1.13. The van der Waals surface area contributed by atoms with Gasteiger partial charge in [-0.1, -0.05) is 19.1 Å². The molecule has 0 spiro atoms. The molecule has 0 heterocycles. The molecule has 0 saturated heterocycles. The second-order valence-corrected chi connectivity index (χ2v) is 3.84. The number of ether oxygens (including phenoxy) is 1. The van der Waals surface area contributed by atoms with Gasteiger partial charge in [-0.3, -0.25) is 4.79 Å². The highest BCUT2D eigenvalue weighted by Crippen LogP contribution is 2.21. The van der Waals surface area contributed by atoms with Crippen LogP contribution in [0, 0.1) is 5.92 Å². The van der Waals surface area contributed by atoms with E-state index in [1.807, 2.05) is 6.07 Å². The van der Waals surface area contributed by atoms with Crippen LogP contribution in [0.1, 0.15) is 18.1 Å². The van der Waals surface area contributed by atoms with Gasteiger partial charge in [-0.2, -0.15) is 0 Å². The largest absolute Gasteiger partial charge is 0.508 e. The molecule has 0 aliphatic heterocycles. The average Bonchev–Trinajstić information content (AvgIpc) is 2.22. The summed E-state index contributed by atoms with van der Waals surface area (Å²) in [6, 6.07) is 5.16. The minimum Gasteiger partial charge on any atom is -0.508 e. The molecule has 1 rings (SSSR count). The Morgan fingerprint density at radius 1 is 1.50 bits per heavy atom. The summed E-state index contributed by atoms with van der Waals surface area (Å²) in [7, 11) is 1.56. The predicted molar refractivity (Wildman–Crippen MR) is 59.3 cm³/mol. The van der Waals surface area contributed by atoms with Crippen molar-refractivity contribution in [3.8, 4) is 5.75 Å². The highest BCUT2D eigenvalue weighted by Gasteiger charge is 2.12. The molecule has 1 unspecified atom stereocenters. The topological polar surface area (TPSA) is 66.8 Å². The SMILES string of the molecule is COCc1ccc(CC(C)C(=O)O)cc1O. The van der Waals surface area contributed by atoms with Gasteiger partial charge in [-0.05, 0) is 18.1 Å². The van der Waals surface area contributed by atoms with E-state index in [1.54, 1.807) is 26.2 Å². The molecular weight excluding hydrogens is 208 g/mol. The number of hydrogen-bond donors (Lipinski definition) is 2. The Labute approximate surface area is 94.5 Å². The fourth-order valence-corrected chi connectivity index (χ4v) is 1.45. The van der Waals surface area contributed by atoms with Crippen molar-refractivity contribution in [3.05, 3.63) is 29.3 Å². The van der Waals surface area contributed by atoms with Crippen LogP contribution < -0.4 is 0 Å². The molecule has 0 aliphatic carbocycles. The van der Waals surface area contributed by atoms with E-state index in [-0.39, 0.29) is 5.75 Å². The Bertz CT molecular complexity index is 373. The lowest BCUT2D eigenvalue weighted by atomic mass is 10.00. The van der Waals surface area contributed by atoms with Crippen molar-refractivity contribution in [2.45, 2.75) is 20.0 Å². The molecular formula is C12H16O4. The number of benzene rings is 1. The molecule has 1 aromatic rings. The summed E-state index contributed by atoms with van der Waals surface area (Å²) in [6.07, 6.45) is 0.413. The van der Waals surface area contributed by atoms with Crippen molar-refractivity contribution in [1.29, 1.82) is 0 Å². The molecule has 0 fully saturated rings. The van der Waals surface area contributed by atoms with Gasteiger partial charge in [0.05, 0.1) is 12.5 Å². The highest BCUT2D eigenvalue weighted by atomic mass is 16.5. The number of carbonyl (C=O) groups is 1. The smallest absolute Gasteiger partial charge is 0.306 e. The van der Waals surface area contributed by atoms with E-state index in [4.69, 9.17) is 9.84 Å². The van der Waals surface area contributed by atoms with Gasteiger partial charge < -0.3 is 14.9 Å². The molecule has 16 heavy (non-hydrogen) atoms. The molecule has 0 amide bonds. The van der Waals surface area contributed by atoms with Gasteiger partial charge >= 0.3 is 5.97 Å². The third kappa shape index (κ3) is 3.24. The Balaban J connectivity index is 2.77. The first-order valence-electron chi connectivity index (χ1n) is 5.07. The van der Waals surface area contributed by atoms with E-state index < -0.39 is 11.9 Å². The third-order valence-corrected chi connectivity index (χ3v) is 2.41. The lowest BCUT2D eigenvalue weighted by Gasteiger charge is -2.09. The lowest BCUT2D eigenvalue weighted by Crippen LogP contribution is -2.12. The molecule has 1 aromatic carbocycles. The number of phenolic OH excluding ortho intramolecular Hbond substituents is 1. The molecule has 4 heteroatoms. The summed E-state index contributed by atoms with van der Waals surface area (Å²) < 4.78 is 4.91. The second kappa shape index (κ2) is 5.51. The van der Waals surface area contributed by atoms with Crippen molar-refractivity contribution in [2.24, 2.45) is 5.92 Å². The van der Waals surface area contributed by atoms with E-state index >= 15 is 0 Å². The van der Waals surface area contributed by atoms with Crippen LogP contribution in [-0.4, -0.2) is 23.3 Å². The number of aromatic hydroxyl groups is 1. The number of methoxy groups -OCH3 is 1. The second-order valence-electron chi connectivity index (χ2n) is 3.84. The quantitative estimate of drug-likeness (QED) is 0.800. The summed E-state index contributed by atoms with van der Waals surface area (Å²) in [5.41, 5.74) is 1.52. The summed E-state index contributed by atoms with van der Waals surface area (Å²) in [6.45, 7) is 1.99. The van der Waals surface area contributed by atoms with Crippen molar-refractivity contribution < 1.29 is 19.7 Å². The van der Waals surface area contributed by atoms with Gasteiger partial charge in [0.2, 0.25) is 0 Å². The van der Waals surface area contributed by atoms with Crippen molar-refractivity contribution in [3.63, 3.8) is 0 Å². The zero-order chi connectivity index (χ0) is 12.1. The van der Waals surface area contributed by atoms with Crippen molar-refractivity contribution >= 4 is 5.97 Å². The van der Waals surface area contributed by atoms with Crippen LogP contribution >= 0.6 is 0 Å². The predicted octanol–water partition coefficient (Wildman–Crippen LogP) is 1.80. The molecule has 0 bridgehead atoms. The van der Waals surface area contributed by atoms with E-state index in [9.17, 15) is 9.90 Å². The van der Waals surface area contributed by atoms with Gasteiger partial charge in [0.25, 0.3) is 0 Å². The van der Waals surface area contributed by atoms with E-state index in [1.165, 1.54) is 0 Å². The maximum atomic E-state index is 10.7. The van der Waals surface area contributed by atoms with Crippen molar-refractivity contribution in [2.75, 3.05) is 7.11 Å². The maximum Gasteiger partial charge on any atom is 0.306 e. The van der Waals surface area contributed by atoms with Crippen LogP contribution in [0.25, 0.3) is 0 Å². The summed E-state index contributed by atoms with van der Waals surface area (Å²) in [5, 5.41) is 18.4. The number of hydrogen-bond acceptors (Lipinski definition) is 3. The van der Waals surface area contributed by atoms with Crippen molar-refractivity contribution in [1.82, 2.24) is 0 Å². The van der Waals surface area contributed by atoms with Crippen LogP contribution in [0.5, 0.6) is 5.75 Å². The average molecular weight is 224 g/mol. The molecule has 0 radical (unpaired) electrons. The standard InChI is InChI=1S/C12H16O4/c1-8(12(14)15)5-9-3-4-10(7-16-2)11(13)6-9/h3-4,6,8,13H,5,7H2,1-2H3,(H,14,15). The van der Waals surface area contributed by atoms with Gasteiger partial charge in [0.15, 0.2) is 0 Å². The Morgan fingerprint density at radius 2 is 2.19 bits per heavy atom. The number of carboxylic acids is 1. The minimum atomic E-state index is -0.833. The van der Waals surface area contributed by atoms with Crippen LogP contribution in [0.2, 0.25) is 0 Å². The van der Waals surface area contributed by atoms with Gasteiger partial charge in [0, 0.05) is 12.7 Å². The fraction of sp³-hybridized carbons (Fsp3) is 0.417. The fourth-order valence-electron chi connectivity index (χ4n) is 1.45. The summed E-state index contributed by atoms with van der Waals surface area (Å²) in [4.78, 5) is 10.7. The van der Waals surface area contributed by atoms with E-state index in [2.05, 4.69) is 0 Å². The van der Waals surface area contributed by atoms with Gasteiger partial charge in [-0.25, -0.2) is 0 Å². The first kappa shape index (κ1) is 12.5. The first-order valence-corrected chi connectivity index (χ1v) is 5.07. The molecule has 0 aliphatic rings. The molecule has 1 atom stereocenters.